The maximum atomic E-state index is 10.6. The van der Waals surface area contributed by atoms with Crippen LogP contribution in [-0.2, 0) is 20.1 Å². The van der Waals surface area contributed by atoms with Gasteiger partial charge in [0.25, 0.3) is 0 Å². The summed E-state index contributed by atoms with van der Waals surface area (Å²) in [6.45, 7) is 2.40. The third kappa shape index (κ3) is 3.73. The van der Waals surface area contributed by atoms with Gasteiger partial charge in [-0.3, -0.25) is 4.79 Å². The molecule has 110 valence electrons. The number of carbonyl (C=O) groups is 1. The minimum absolute atomic E-state index is 0.0498. The molecule has 0 aliphatic carbocycles. The van der Waals surface area contributed by atoms with Crippen LogP contribution in [0.4, 0.5) is 0 Å². The van der Waals surface area contributed by atoms with Crippen LogP contribution in [0.2, 0.25) is 0 Å². The van der Waals surface area contributed by atoms with Gasteiger partial charge in [-0.15, -0.1) is 0 Å². The molecule has 1 heterocycles. The number of benzene rings is 1. The van der Waals surface area contributed by atoms with Gasteiger partial charge in [-0.2, -0.15) is 11.8 Å². The van der Waals surface area contributed by atoms with E-state index in [-0.39, 0.29) is 6.10 Å². The Morgan fingerprint density at radius 2 is 2.25 bits per heavy atom. The van der Waals surface area contributed by atoms with E-state index in [9.17, 15) is 4.79 Å². The maximum Gasteiger partial charge on any atom is 0.321 e. The average molecular weight is 297 g/mol. The fraction of sp³-hybridized carbons (Fsp3) is 0.500. The van der Waals surface area contributed by atoms with Crippen molar-refractivity contribution in [2.75, 3.05) is 18.1 Å². The fourth-order valence-electron chi connectivity index (χ4n) is 2.01. The lowest BCUT2D eigenvalue weighted by Gasteiger charge is -2.23. The third-order valence-corrected chi connectivity index (χ3v) is 4.36. The highest BCUT2D eigenvalue weighted by Crippen LogP contribution is 2.34. The van der Waals surface area contributed by atoms with E-state index < -0.39 is 17.8 Å². The first kappa shape index (κ1) is 15.3. The van der Waals surface area contributed by atoms with Crippen LogP contribution in [0, 0.1) is 0 Å². The number of thioether (sulfide) groups is 1. The first-order chi connectivity index (χ1) is 9.51. The van der Waals surface area contributed by atoms with Crippen LogP contribution in [0.15, 0.2) is 30.3 Å². The highest BCUT2D eigenvalue weighted by Gasteiger charge is 2.38. The third-order valence-electron chi connectivity index (χ3n) is 3.15. The predicted octanol–water partition coefficient (Wildman–Crippen LogP) is 1.42. The Morgan fingerprint density at radius 1 is 1.55 bits per heavy atom. The van der Waals surface area contributed by atoms with Gasteiger partial charge in [-0.25, -0.2) is 0 Å². The van der Waals surface area contributed by atoms with Crippen molar-refractivity contribution >= 4 is 17.7 Å². The molecular formula is C14H19NO4S. The first-order valence-electron chi connectivity index (χ1n) is 6.45. The molecule has 3 N–H and O–H groups in total. The summed E-state index contributed by atoms with van der Waals surface area (Å²) in [4.78, 5) is 10.6. The molecule has 1 aliphatic heterocycles. The van der Waals surface area contributed by atoms with Crippen molar-refractivity contribution in [2.24, 2.45) is 5.73 Å². The van der Waals surface area contributed by atoms with E-state index >= 15 is 0 Å². The van der Waals surface area contributed by atoms with Crippen LogP contribution in [0.5, 0.6) is 0 Å². The van der Waals surface area contributed by atoms with Gasteiger partial charge >= 0.3 is 5.97 Å². The molecule has 0 amide bonds. The van der Waals surface area contributed by atoms with Crippen LogP contribution in [-0.4, -0.2) is 41.3 Å². The second kappa shape index (κ2) is 6.58. The molecule has 0 radical (unpaired) electrons. The lowest BCUT2D eigenvalue weighted by atomic mass is 10.1. The Balaban J connectivity index is 1.82. The fourth-order valence-corrected chi connectivity index (χ4v) is 2.97. The largest absolute Gasteiger partial charge is 0.480 e. The number of aliphatic carboxylic acids is 1. The molecule has 0 bridgehead atoms. The van der Waals surface area contributed by atoms with E-state index in [1.807, 2.05) is 37.3 Å². The number of ether oxygens (including phenoxy) is 2. The summed E-state index contributed by atoms with van der Waals surface area (Å²) in [5.41, 5.74) is 6.43. The SMILES string of the molecule is CC1(c2ccccc2)OCC(CSC[C@H](N)C(=O)O)O1. The van der Waals surface area contributed by atoms with Gasteiger partial charge in [-0.1, -0.05) is 30.3 Å². The highest BCUT2D eigenvalue weighted by molar-refractivity contribution is 7.99. The van der Waals surface area contributed by atoms with Gasteiger partial charge in [0.1, 0.15) is 6.04 Å². The molecule has 2 unspecified atom stereocenters. The molecule has 1 aromatic rings. The summed E-state index contributed by atoms with van der Waals surface area (Å²) in [7, 11) is 0. The smallest absolute Gasteiger partial charge is 0.321 e. The minimum atomic E-state index is -0.977. The zero-order valence-electron chi connectivity index (χ0n) is 11.3. The maximum absolute atomic E-state index is 10.6. The highest BCUT2D eigenvalue weighted by atomic mass is 32.2. The zero-order chi connectivity index (χ0) is 14.6. The molecule has 3 atom stereocenters. The molecule has 1 aliphatic rings. The molecule has 1 saturated heterocycles. The topological polar surface area (TPSA) is 81.8 Å². The van der Waals surface area contributed by atoms with Crippen molar-refractivity contribution in [2.45, 2.75) is 24.9 Å². The lowest BCUT2D eigenvalue weighted by molar-refractivity contribution is -0.159. The quantitative estimate of drug-likeness (QED) is 0.826. The van der Waals surface area contributed by atoms with E-state index in [2.05, 4.69) is 0 Å². The molecule has 2 rings (SSSR count). The number of rotatable bonds is 6. The molecule has 1 fully saturated rings. The Bertz CT molecular complexity index is 456. The zero-order valence-corrected chi connectivity index (χ0v) is 12.1. The van der Waals surface area contributed by atoms with Crippen molar-refractivity contribution in [1.82, 2.24) is 0 Å². The first-order valence-corrected chi connectivity index (χ1v) is 7.60. The molecular weight excluding hydrogens is 278 g/mol. The number of carboxylic acid groups (broad SMARTS) is 1. The summed E-state index contributed by atoms with van der Waals surface area (Å²) in [6.07, 6.45) is -0.0498. The summed E-state index contributed by atoms with van der Waals surface area (Å²) in [5.74, 6) is -0.655. The van der Waals surface area contributed by atoms with Gasteiger partial charge in [-0.05, 0) is 6.92 Å². The molecule has 6 heteroatoms. The number of carboxylic acids is 1. The van der Waals surface area contributed by atoms with Crippen molar-refractivity contribution in [3.05, 3.63) is 35.9 Å². The molecule has 0 spiro atoms. The normalized spacial score (nSPS) is 27.4. The van der Waals surface area contributed by atoms with Crippen LogP contribution < -0.4 is 5.73 Å². The van der Waals surface area contributed by atoms with E-state index in [4.69, 9.17) is 20.3 Å². The second-order valence-corrected chi connectivity index (χ2v) is 5.92. The molecule has 5 nitrogen and oxygen atoms in total. The van der Waals surface area contributed by atoms with Gasteiger partial charge in [0.2, 0.25) is 0 Å². The Morgan fingerprint density at radius 3 is 2.90 bits per heavy atom. The van der Waals surface area contributed by atoms with Crippen molar-refractivity contribution < 1.29 is 19.4 Å². The van der Waals surface area contributed by atoms with E-state index in [0.29, 0.717) is 18.1 Å². The van der Waals surface area contributed by atoms with Crippen LogP contribution in [0.3, 0.4) is 0 Å². The Hall–Kier alpha value is -1.08. The Labute approximate surface area is 122 Å². The summed E-state index contributed by atoms with van der Waals surface area (Å²) in [5, 5.41) is 8.71. The molecule has 20 heavy (non-hydrogen) atoms. The second-order valence-electron chi connectivity index (χ2n) is 4.84. The average Bonchev–Trinajstić information content (AvgIpc) is 2.82. The van der Waals surface area contributed by atoms with E-state index in [0.717, 1.165) is 5.56 Å². The summed E-state index contributed by atoms with van der Waals surface area (Å²) >= 11 is 1.47. The van der Waals surface area contributed by atoms with Crippen molar-refractivity contribution in [3.63, 3.8) is 0 Å². The van der Waals surface area contributed by atoms with Crippen molar-refractivity contribution in [3.8, 4) is 0 Å². The van der Waals surface area contributed by atoms with Crippen LogP contribution in [0.1, 0.15) is 12.5 Å². The summed E-state index contributed by atoms with van der Waals surface area (Å²) < 4.78 is 11.7. The van der Waals surface area contributed by atoms with Crippen LogP contribution >= 0.6 is 11.8 Å². The van der Waals surface area contributed by atoms with E-state index in [1.54, 1.807) is 0 Å². The molecule has 0 aromatic heterocycles. The predicted molar refractivity (Wildman–Crippen MR) is 77.6 cm³/mol. The number of hydrogen-bond donors (Lipinski definition) is 2. The standard InChI is InChI=1S/C14H19NO4S/c1-14(10-5-3-2-4-6-10)18-7-11(19-14)8-20-9-12(15)13(16)17/h2-6,11-12H,7-9,15H2,1H3,(H,16,17)/t11?,12-,14?/m0/s1. The van der Waals surface area contributed by atoms with Crippen LogP contribution in [0.25, 0.3) is 0 Å². The number of hydrogen-bond acceptors (Lipinski definition) is 5. The number of nitrogens with two attached hydrogens (primary N) is 1. The molecule has 1 aromatic carbocycles. The van der Waals surface area contributed by atoms with Gasteiger partial charge in [0.15, 0.2) is 5.79 Å². The van der Waals surface area contributed by atoms with Gasteiger partial charge in [0, 0.05) is 17.1 Å². The van der Waals surface area contributed by atoms with E-state index in [1.165, 1.54) is 11.8 Å². The monoisotopic (exact) mass is 297 g/mol. The Kier molecular flexibility index (Phi) is 5.04. The van der Waals surface area contributed by atoms with Gasteiger partial charge in [0.05, 0.1) is 12.7 Å². The van der Waals surface area contributed by atoms with Crippen molar-refractivity contribution in [1.29, 1.82) is 0 Å². The molecule has 0 saturated carbocycles. The van der Waals surface area contributed by atoms with Gasteiger partial charge < -0.3 is 20.3 Å². The lowest BCUT2D eigenvalue weighted by Crippen LogP contribution is -2.33. The summed E-state index contributed by atoms with van der Waals surface area (Å²) in [6, 6.07) is 8.94. The minimum Gasteiger partial charge on any atom is -0.480 e.